The van der Waals surface area contributed by atoms with E-state index in [1.54, 1.807) is 48.5 Å². The largest absolute Gasteiger partial charge is 0.324 e. The average molecular weight is 297 g/mol. The summed E-state index contributed by atoms with van der Waals surface area (Å²) in [5, 5.41) is 13.3. The third-order valence-electron chi connectivity index (χ3n) is 3.47. The van der Waals surface area contributed by atoms with E-state index in [2.05, 4.69) is 5.32 Å². The molecule has 1 heterocycles. The molecule has 0 aromatic heterocycles. The molecule has 2 aromatic rings. The van der Waals surface area contributed by atoms with Crippen LogP contribution in [0.4, 0.5) is 10.5 Å². The van der Waals surface area contributed by atoms with Crippen molar-refractivity contribution in [3.63, 3.8) is 0 Å². The van der Waals surface area contributed by atoms with Gasteiger partial charge >= 0.3 is 6.03 Å². The van der Waals surface area contributed by atoms with Crippen molar-refractivity contribution in [3.8, 4) is 0 Å². The quantitative estimate of drug-likeness (QED) is 0.836. The van der Waals surface area contributed by atoms with Crippen molar-refractivity contribution < 1.29 is 14.8 Å². The lowest BCUT2D eigenvalue weighted by Gasteiger charge is -2.26. The fourth-order valence-corrected chi connectivity index (χ4v) is 2.42. The van der Waals surface area contributed by atoms with Crippen molar-refractivity contribution in [1.82, 2.24) is 9.96 Å². The first-order valence-electron chi connectivity index (χ1n) is 6.85. The maximum atomic E-state index is 12.4. The lowest BCUT2D eigenvalue weighted by atomic mass is 10.1. The Morgan fingerprint density at radius 3 is 2.27 bits per heavy atom. The van der Waals surface area contributed by atoms with E-state index in [-0.39, 0.29) is 6.54 Å². The first-order chi connectivity index (χ1) is 10.7. The van der Waals surface area contributed by atoms with Crippen molar-refractivity contribution in [1.29, 1.82) is 0 Å². The smallest absolute Gasteiger partial charge is 0.308 e. The highest BCUT2D eigenvalue weighted by atomic mass is 16.5. The molecular formula is C16H15N3O3. The Morgan fingerprint density at radius 2 is 1.64 bits per heavy atom. The minimum absolute atomic E-state index is 0.172. The molecule has 0 saturated carbocycles. The van der Waals surface area contributed by atoms with Gasteiger partial charge in [0.2, 0.25) is 0 Å². The normalized spacial score (nSPS) is 17.7. The van der Waals surface area contributed by atoms with Gasteiger partial charge in [-0.2, -0.15) is 5.06 Å². The van der Waals surface area contributed by atoms with Crippen LogP contribution in [0.5, 0.6) is 0 Å². The van der Waals surface area contributed by atoms with Gasteiger partial charge in [0.15, 0.2) is 6.17 Å². The maximum Gasteiger partial charge on any atom is 0.324 e. The van der Waals surface area contributed by atoms with Crippen LogP contribution in [0.3, 0.4) is 0 Å². The molecule has 1 saturated heterocycles. The summed E-state index contributed by atoms with van der Waals surface area (Å²) < 4.78 is 0. The van der Waals surface area contributed by atoms with Crippen LogP contribution in [-0.4, -0.2) is 33.7 Å². The highest BCUT2D eigenvalue weighted by Gasteiger charge is 2.41. The van der Waals surface area contributed by atoms with Crippen LogP contribution in [0.2, 0.25) is 0 Å². The zero-order chi connectivity index (χ0) is 15.5. The molecular weight excluding hydrogens is 282 g/mol. The van der Waals surface area contributed by atoms with Crippen LogP contribution in [-0.2, 0) is 4.79 Å². The lowest BCUT2D eigenvalue weighted by Crippen LogP contribution is -2.37. The minimum atomic E-state index is -0.822. The minimum Gasteiger partial charge on any atom is -0.308 e. The Labute approximate surface area is 127 Å². The topological polar surface area (TPSA) is 72.9 Å². The second-order valence-electron chi connectivity index (χ2n) is 4.95. The third-order valence-corrected chi connectivity index (χ3v) is 3.47. The zero-order valence-corrected chi connectivity index (χ0v) is 11.7. The predicted molar refractivity (Wildman–Crippen MR) is 80.0 cm³/mol. The van der Waals surface area contributed by atoms with Crippen LogP contribution in [0, 0.1) is 0 Å². The average Bonchev–Trinajstić information content (AvgIpc) is 2.85. The van der Waals surface area contributed by atoms with Gasteiger partial charge in [0.25, 0.3) is 5.91 Å². The van der Waals surface area contributed by atoms with Crippen molar-refractivity contribution in [2.75, 3.05) is 11.9 Å². The monoisotopic (exact) mass is 297 g/mol. The van der Waals surface area contributed by atoms with Crippen molar-refractivity contribution >= 4 is 17.6 Å². The van der Waals surface area contributed by atoms with E-state index in [1.165, 1.54) is 4.90 Å². The summed E-state index contributed by atoms with van der Waals surface area (Å²) in [5.41, 5.74) is 1.29. The molecule has 22 heavy (non-hydrogen) atoms. The lowest BCUT2D eigenvalue weighted by molar-refractivity contribution is -0.168. The summed E-state index contributed by atoms with van der Waals surface area (Å²) in [7, 11) is 0. The summed E-state index contributed by atoms with van der Waals surface area (Å²) in [6, 6.07) is 17.4. The molecule has 1 fully saturated rings. The molecule has 0 bridgehead atoms. The number of urea groups is 1. The summed E-state index contributed by atoms with van der Waals surface area (Å²) >= 11 is 0. The molecule has 0 spiro atoms. The van der Waals surface area contributed by atoms with Gasteiger partial charge < -0.3 is 5.32 Å². The van der Waals surface area contributed by atoms with Crippen molar-refractivity contribution in [2.24, 2.45) is 0 Å². The number of amides is 3. The number of carbonyl (C=O) groups excluding carboxylic acids is 2. The number of nitrogens with zero attached hydrogens (tertiary/aromatic N) is 2. The number of para-hydroxylation sites is 1. The molecule has 6 nitrogen and oxygen atoms in total. The Kier molecular flexibility index (Phi) is 3.76. The highest BCUT2D eigenvalue weighted by Crippen LogP contribution is 2.29. The standard InChI is InChI=1S/C16H15N3O3/c20-14-11-18(16(21)17-13-9-5-2-6-10-13)15(19(14)22)12-7-3-1-4-8-12/h1-10,15,22H,11H2,(H,17,21)/t15-/m1/s1. The third kappa shape index (κ3) is 2.64. The molecule has 6 heteroatoms. The molecule has 1 aliphatic rings. The molecule has 3 amide bonds. The van der Waals surface area contributed by atoms with Crippen LogP contribution >= 0.6 is 0 Å². The first kappa shape index (κ1) is 14.1. The van der Waals surface area contributed by atoms with E-state index in [9.17, 15) is 14.8 Å². The van der Waals surface area contributed by atoms with Gasteiger partial charge in [0.1, 0.15) is 6.54 Å². The van der Waals surface area contributed by atoms with Crippen LogP contribution in [0.25, 0.3) is 0 Å². The fraction of sp³-hybridized carbons (Fsp3) is 0.125. The van der Waals surface area contributed by atoms with E-state index in [0.29, 0.717) is 16.3 Å². The van der Waals surface area contributed by atoms with E-state index >= 15 is 0 Å². The fourth-order valence-electron chi connectivity index (χ4n) is 2.42. The number of rotatable bonds is 2. The van der Waals surface area contributed by atoms with Crippen molar-refractivity contribution in [3.05, 3.63) is 66.2 Å². The second kappa shape index (κ2) is 5.87. The summed E-state index contributed by atoms with van der Waals surface area (Å²) in [5.74, 6) is -0.517. The van der Waals surface area contributed by atoms with Crippen LogP contribution < -0.4 is 5.32 Å². The highest BCUT2D eigenvalue weighted by molar-refractivity contribution is 5.94. The summed E-state index contributed by atoms with van der Waals surface area (Å²) in [4.78, 5) is 25.5. The molecule has 0 radical (unpaired) electrons. The van der Waals surface area contributed by atoms with E-state index in [0.717, 1.165) is 0 Å². The zero-order valence-electron chi connectivity index (χ0n) is 11.7. The van der Waals surface area contributed by atoms with E-state index < -0.39 is 18.1 Å². The summed E-state index contributed by atoms with van der Waals surface area (Å²) in [6.07, 6.45) is -0.822. The van der Waals surface area contributed by atoms with Gasteiger partial charge in [-0.05, 0) is 17.7 Å². The number of nitrogens with one attached hydrogen (secondary N) is 1. The molecule has 2 aromatic carbocycles. The number of hydrogen-bond donors (Lipinski definition) is 2. The van der Waals surface area contributed by atoms with Gasteiger partial charge in [-0.3, -0.25) is 14.9 Å². The van der Waals surface area contributed by atoms with E-state index in [1.807, 2.05) is 12.1 Å². The maximum absolute atomic E-state index is 12.4. The molecule has 1 atom stereocenters. The number of hydrogen-bond acceptors (Lipinski definition) is 3. The van der Waals surface area contributed by atoms with Crippen molar-refractivity contribution in [2.45, 2.75) is 6.17 Å². The molecule has 1 aliphatic heterocycles. The van der Waals surface area contributed by atoms with Gasteiger partial charge in [0, 0.05) is 5.69 Å². The van der Waals surface area contributed by atoms with Gasteiger partial charge in [-0.15, -0.1) is 0 Å². The molecule has 0 aliphatic carbocycles. The Morgan fingerprint density at radius 1 is 1.05 bits per heavy atom. The molecule has 112 valence electrons. The molecule has 3 rings (SSSR count). The van der Waals surface area contributed by atoms with Crippen LogP contribution in [0.15, 0.2) is 60.7 Å². The number of anilines is 1. The Hall–Kier alpha value is -2.86. The number of carbonyl (C=O) groups is 2. The SMILES string of the molecule is O=C1CN(C(=O)Nc2ccccc2)[C@@H](c2ccccc2)N1O. The van der Waals surface area contributed by atoms with Gasteiger partial charge in [0.05, 0.1) is 0 Å². The predicted octanol–water partition coefficient (Wildman–Crippen LogP) is 2.45. The van der Waals surface area contributed by atoms with Gasteiger partial charge in [-0.1, -0.05) is 48.5 Å². The van der Waals surface area contributed by atoms with E-state index in [4.69, 9.17) is 0 Å². The number of hydroxylamine groups is 2. The number of benzene rings is 2. The second-order valence-corrected chi connectivity index (χ2v) is 4.95. The Balaban J connectivity index is 1.84. The first-order valence-corrected chi connectivity index (χ1v) is 6.85. The molecule has 2 N–H and O–H groups in total. The summed E-state index contributed by atoms with van der Waals surface area (Å²) in [6.45, 7) is -0.172. The van der Waals surface area contributed by atoms with Gasteiger partial charge in [-0.25, -0.2) is 4.79 Å². The Bertz CT molecular complexity index is 676. The molecule has 0 unspecified atom stereocenters. The van der Waals surface area contributed by atoms with Crippen LogP contribution in [0.1, 0.15) is 11.7 Å².